The van der Waals surface area contributed by atoms with Gasteiger partial charge in [0.05, 0.1) is 0 Å². The molecule has 0 aliphatic heterocycles. The van der Waals surface area contributed by atoms with Crippen molar-refractivity contribution in [2.24, 2.45) is 0 Å². The second-order valence-corrected chi connectivity index (χ2v) is 5.00. The Kier molecular flexibility index (Phi) is 4.85. The topological polar surface area (TPSA) is 12.0 Å². The number of aryl methyl sites for hydroxylation is 1. The molecule has 0 aromatic heterocycles. The van der Waals surface area contributed by atoms with Crippen LogP contribution >= 0.6 is 0 Å². The summed E-state index contributed by atoms with van der Waals surface area (Å²) in [5.41, 5.74) is 3.42. The summed E-state index contributed by atoms with van der Waals surface area (Å²) in [5.74, 6) is 0. The van der Waals surface area contributed by atoms with Crippen molar-refractivity contribution in [3.63, 3.8) is 0 Å². The first-order valence-electron chi connectivity index (χ1n) is 6.74. The van der Waals surface area contributed by atoms with Gasteiger partial charge in [0.15, 0.2) is 0 Å². The first-order valence-corrected chi connectivity index (χ1v) is 6.74. The van der Waals surface area contributed by atoms with Gasteiger partial charge in [0.25, 0.3) is 6.43 Å². The fourth-order valence-electron chi connectivity index (χ4n) is 2.29. The van der Waals surface area contributed by atoms with Gasteiger partial charge in [0.2, 0.25) is 0 Å². The lowest BCUT2D eigenvalue weighted by molar-refractivity contribution is 0.151. The third-order valence-corrected chi connectivity index (χ3v) is 3.47. The van der Waals surface area contributed by atoms with E-state index < -0.39 is 6.43 Å². The van der Waals surface area contributed by atoms with E-state index in [0.29, 0.717) is 6.54 Å². The molecule has 0 aliphatic rings. The number of halogens is 2. The quantitative estimate of drug-likeness (QED) is 0.827. The number of hydrogen-bond donors (Lipinski definition) is 1. The van der Waals surface area contributed by atoms with Gasteiger partial charge in [-0.15, -0.1) is 0 Å². The van der Waals surface area contributed by atoms with Crippen molar-refractivity contribution in [1.29, 1.82) is 0 Å². The van der Waals surface area contributed by atoms with E-state index in [1.54, 1.807) is 12.1 Å². The summed E-state index contributed by atoms with van der Waals surface area (Å²) < 4.78 is 25.3. The van der Waals surface area contributed by atoms with E-state index in [0.717, 1.165) is 5.56 Å². The predicted octanol–water partition coefficient (Wildman–Crippen LogP) is 4.78. The SMILES string of the molecule is Cc1ccccc1C(C)NCc1cccc(C(F)F)c1. The second-order valence-electron chi connectivity index (χ2n) is 5.00. The van der Waals surface area contributed by atoms with Gasteiger partial charge in [-0.3, -0.25) is 0 Å². The van der Waals surface area contributed by atoms with Gasteiger partial charge < -0.3 is 5.32 Å². The van der Waals surface area contributed by atoms with Crippen molar-refractivity contribution in [1.82, 2.24) is 5.32 Å². The van der Waals surface area contributed by atoms with E-state index in [2.05, 4.69) is 31.3 Å². The van der Waals surface area contributed by atoms with Crippen LogP contribution in [0.5, 0.6) is 0 Å². The fraction of sp³-hybridized carbons (Fsp3) is 0.294. The smallest absolute Gasteiger partial charge is 0.263 e. The van der Waals surface area contributed by atoms with Crippen molar-refractivity contribution in [2.45, 2.75) is 32.9 Å². The molecule has 1 unspecified atom stereocenters. The predicted molar refractivity (Wildman–Crippen MR) is 77.8 cm³/mol. The standard InChI is InChI=1S/C17H19F2N/c1-12-6-3-4-9-16(12)13(2)20-11-14-7-5-8-15(10-14)17(18)19/h3-10,13,17,20H,11H2,1-2H3. The molecule has 0 saturated heterocycles. The van der Waals surface area contributed by atoms with Crippen molar-refractivity contribution in [3.8, 4) is 0 Å². The third-order valence-electron chi connectivity index (χ3n) is 3.47. The van der Waals surface area contributed by atoms with Crippen LogP contribution in [0.3, 0.4) is 0 Å². The molecule has 0 aliphatic carbocycles. The maximum absolute atomic E-state index is 12.6. The fourth-order valence-corrected chi connectivity index (χ4v) is 2.29. The van der Waals surface area contributed by atoms with Gasteiger partial charge in [0.1, 0.15) is 0 Å². The minimum Gasteiger partial charge on any atom is -0.306 e. The van der Waals surface area contributed by atoms with E-state index in [9.17, 15) is 8.78 Å². The van der Waals surface area contributed by atoms with Crippen molar-refractivity contribution >= 4 is 0 Å². The summed E-state index contributed by atoms with van der Waals surface area (Å²) in [6.07, 6.45) is -2.41. The Bertz CT molecular complexity index is 566. The minimum atomic E-state index is -2.41. The van der Waals surface area contributed by atoms with Crippen LogP contribution in [0, 0.1) is 6.92 Å². The van der Waals surface area contributed by atoms with Crippen LogP contribution < -0.4 is 5.32 Å². The number of benzene rings is 2. The molecule has 2 rings (SSSR count). The lowest BCUT2D eigenvalue weighted by Gasteiger charge is -2.17. The molecule has 0 fully saturated rings. The van der Waals surface area contributed by atoms with Gasteiger partial charge in [-0.2, -0.15) is 0 Å². The minimum absolute atomic E-state index is 0.0767. The van der Waals surface area contributed by atoms with Gasteiger partial charge in [0, 0.05) is 18.2 Å². The Labute approximate surface area is 118 Å². The number of rotatable bonds is 5. The van der Waals surface area contributed by atoms with Crippen LogP contribution in [-0.2, 0) is 6.54 Å². The lowest BCUT2D eigenvalue weighted by atomic mass is 10.0. The summed E-state index contributed by atoms with van der Waals surface area (Å²) in [7, 11) is 0. The van der Waals surface area contributed by atoms with Crippen molar-refractivity contribution < 1.29 is 8.78 Å². The van der Waals surface area contributed by atoms with Gasteiger partial charge in [-0.25, -0.2) is 8.78 Å². The molecule has 0 amide bonds. The Morgan fingerprint density at radius 1 is 1.05 bits per heavy atom. The number of nitrogens with one attached hydrogen (secondary N) is 1. The molecule has 0 heterocycles. The summed E-state index contributed by atoms with van der Waals surface area (Å²) in [4.78, 5) is 0. The molecule has 20 heavy (non-hydrogen) atoms. The van der Waals surface area contributed by atoms with E-state index in [1.165, 1.54) is 17.2 Å². The lowest BCUT2D eigenvalue weighted by Crippen LogP contribution is -2.18. The highest BCUT2D eigenvalue weighted by molar-refractivity contribution is 5.29. The molecule has 2 aromatic rings. The summed E-state index contributed by atoms with van der Waals surface area (Å²) >= 11 is 0. The first-order chi connectivity index (χ1) is 9.58. The molecule has 1 nitrogen and oxygen atoms in total. The third kappa shape index (κ3) is 3.64. The zero-order valence-electron chi connectivity index (χ0n) is 11.7. The van der Waals surface area contributed by atoms with Gasteiger partial charge in [-0.05, 0) is 36.6 Å². The van der Waals surface area contributed by atoms with Crippen LogP contribution in [0.2, 0.25) is 0 Å². The highest BCUT2D eigenvalue weighted by Crippen LogP contribution is 2.21. The molecule has 0 spiro atoms. The van der Waals surface area contributed by atoms with E-state index in [4.69, 9.17) is 0 Å². The molecular weight excluding hydrogens is 256 g/mol. The summed E-state index contributed by atoms with van der Waals surface area (Å²) in [6, 6.07) is 14.9. The average Bonchev–Trinajstić information content (AvgIpc) is 2.45. The maximum Gasteiger partial charge on any atom is 0.263 e. The average molecular weight is 275 g/mol. The second kappa shape index (κ2) is 6.62. The van der Waals surface area contributed by atoms with E-state index >= 15 is 0 Å². The molecule has 1 atom stereocenters. The first kappa shape index (κ1) is 14.7. The highest BCUT2D eigenvalue weighted by atomic mass is 19.3. The van der Waals surface area contributed by atoms with E-state index in [1.807, 2.05) is 18.2 Å². The molecule has 106 valence electrons. The van der Waals surface area contributed by atoms with Crippen LogP contribution in [-0.4, -0.2) is 0 Å². The molecule has 3 heteroatoms. The molecule has 0 saturated carbocycles. The van der Waals surface area contributed by atoms with E-state index in [-0.39, 0.29) is 11.6 Å². The molecule has 2 aromatic carbocycles. The molecular formula is C17H19F2N. The molecule has 0 radical (unpaired) electrons. The Hall–Kier alpha value is -1.74. The number of alkyl halides is 2. The summed E-state index contributed by atoms with van der Waals surface area (Å²) in [6.45, 7) is 4.74. The zero-order chi connectivity index (χ0) is 14.5. The Morgan fingerprint density at radius 3 is 2.50 bits per heavy atom. The normalized spacial score (nSPS) is 12.7. The van der Waals surface area contributed by atoms with Crippen LogP contribution in [0.25, 0.3) is 0 Å². The van der Waals surface area contributed by atoms with Crippen LogP contribution in [0.4, 0.5) is 8.78 Å². The molecule has 0 bridgehead atoms. The van der Waals surface area contributed by atoms with Gasteiger partial charge >= 0.3 is 0 Å². The van der Waals surface area contributed by atoms with Crippen molar-refractivity contribution in [2.75, 3.05) is 0 Å². The summed E-state index contributed by atoms with van der Waals surface area (Å²) in [5, 5.41) is 3.38. The zero-order valence-corrected chi connectivity index (χ0v) is 11.7. The Balaban J connectivity index is 2.02. The number of hydrogen-bond acceptors (Lipinski definition) is 1. The monoisotopic (exact) mass is 275 g/mol. The van der Waals surface area contributed by atoms with Crippen molar-refractivity contribution in [3.05, 3.63) is 70.8 Å². The molecule has 1 N–H and O–H groups in total. The Morgan fingerprint density at radius 2 is 1.80 bits per heavy atom. The van der Waals surface area contributed by atoms with Crippen LogP contribution in [0.1, 0.15) is 41.6 Å². The maximum atomic E-state index is 12.6. The van der Waals surface area contributed by atoms with Gasteiger partial charge in [-0.1, -0.05) is 42.5 Å². The van der Waals surface area contributed by atoms with Crippen LogP contribution in [0.15, 0.2) is 48.5 Å². The highest BCUT2D eigenvalue weighted by Gasteiger charge is 2.09. The largest absolute Gasteiger partial charge is 0.306 e.